The Labute approximate surface area is 312 Å². The van der Waals surface area contributed by atoms with E-state index >= 15 is 0 Å². The molecule has 0 saturated heterocycles. The highest BCUT2D eigenvalue weighted by Gasteiger charge is 2.51. The molecule has 0 radical (unpaired) electrons. The van der Waals surface area contributed by atoms with Crippen molar-refractivity contribution in [1.82, 2.24) is 0 Å². The van der Waals surface area contributed by atoms with Gasteiger partial charge in [-0.05, 0) is 12.8 Å². The predicted molar refractivity (Wildman–Crippen MR) is 198 cm³/mol. The predicted octanol–water partition coefficient (Wildman–Crippen LogP) is 6.55. The van der Waals surface area contributed by atoms with Crippen LogP contribution in [0.3, 0.4) is 0 Å². The highest BCUT2D eigenvalue weighted by Crippen LogP contribution is 2.47. The minimum Gasteiger partial charge on any atom is -0.462 e. The van der Waals surface area contributed by atoms with E-state index in [0.29, 0.717) is 12.8 Å². The summed E-state index contributed by atoms with van der Waals surface area (Å²) in [6.45, 7) is 3.23. The number of esters is 2. The number of ether oxygens (including phenoxy) is 2. The molecule has 1 aliphatic rings. The first-order chi connectivity index (χ1) is 24.9. The summed E-state index contributed by atoms with van der Waals surface area (Å²) in [7, 11) is -5.10. The largest absolute Gasteiger partial charge is 0.472 e. The van der Waals surface area contributed by atoms with Gasteiger partial charge >= 0.3 is 19.8 Å². The van der Waals surface area contributed by atoms with Crippen molar-refractivity contribution >= 4 is 19.8 Å². The fourth-order valence-electron chi connectivity index (χ4n) is 6.35. The summed E-state index contributed by atoms with van der Waals surface area (Å²) in [6.07, 6.45) is 13.5. The highest BCUT2D eigenvalue weighted by molar-refractivity contribution is 7.47. The molecule has 0 aliphatic heterocycles. The zero-order valence-corrected chi connectivity index (χ0v) is 33.0. The molecule has 0 aromatic carbocycles. The number of phosphoric ester groups is 1. The van der Waals surface area contributed by atoms with E-state index in [9.17, 15) is 44.6 Å². The van der Waals surface area contributed by atoms with Crippen LogP contribution in [0, 0.1) is 0 Å². The van der Waals surface area contributed by atoms with Gasteiger partial charge in [0.05, 0.1) is 6.61 Å². The fraction of sp³-hybridized carbons (Fsp3) is 0.947. The first kappa shape index (κ1) is 48.9. The minimum absolute atomic E-state index is 0.104. The van der Waals surface area contributed by atoms with Crippen LogP contribution in [-0.4, -0.2) is 98.3 Å². The number of carbonyl (C=O) groups is 2. The Balaban J connectivity index is 2.46. The van der Waals surface area contributed by atoms with Gasteiger partial charge in [-0.3, -0.25) is 18.6 Å². The molecule has 1 aliphatic carbocycles. The van der Waals surface area contributed by atoms with Gasteiger partial charge < -0.3 is 39.9 Å². The van der Waals surface area contributed by atoms with Gasteiger partial charge in [0.1, 0.15) is 43.2 Å². The first-order valence-electron chi connectivity index (χ1n) is 20.3. The Morgan fingerprint density at radius 2 is 0.865 bits per heavy atom. The molecule has 0 aromatic heterocycles. The lowest BCUT2D eigenvalue weighted by molar-refractivity contribution is -0.220. The SMILES string of the molecule is CCCCCCCCCCCCCCCCCCC(=O)OC(COC(=O)CCCCCCCCC)COP(=O)(O)OC1C(O)C(O)C(O)C(O)C1O. The fourth-order valence-corrected chi connectivity index (χ4v) is 7.32. The van der Waals surface area contributed by atoms with Crippen molar-refractivity contribution in [2.45, 2.75) is 217 Å². The summed E-state index contributed by atoms with van der Waals surface area (Å²) in [4.78, 5) is 35.3. The van der Waals surface area contributed by atoms with E-state index in [1.165, 1.54) is 83.5 Å². The zero-order chi connectivity index (χ0) is 38.6. The van der Waals surface area contributed by atoms with Gasteiger partial charge in [-0.2, -0.15) is 0 Å². The summed E-state index contributed by atoms with van der Waals surface area (Å²) in [5, 5.41) is 49.9. The quantitative estimate of drug-likeness (QED) is 0.0238. The third-order valence-electron chi connectivity index (χ3n) is 9.70. The Kier molecular flexibility index (Phi) is 28.3. The molecule has 6 atom stereocenters. The summed E-state index contributed by atoms with van der Waals surface area (Å²) >= 11 is 0. The van der Waals surface area contributed by atoms with Crippen molar-refractivity contribution in [3.8, 4) is 0 Å². The molecule has 14 heteroatoms. The molecule has 1 rings (SSSR count). The van der Waals surface area contributed by atoms with E-state index in [4.69, 9.17) is 18.5 Å². The van der Waals surface area contributed by atoms with Crippen LogP contribution < -0.4 is 0 Å². The van der Waals surface area contributed by atoms with Gasteiger partial charge in [-0.25, -0.2) is 4.57 Å². The molecule has 13 nitrogen and oxygen atoms in total. The minimum atomic E-state index is -5.10. The maximum Gasteiger partial charge on any atom is 0.472 e. The summed E-state index contributed by atoms with van der Waals surface area (Å²) in [5.74, 6) is -1.10. The van der Waals surface area contributed by atoms with Crippen LogP contribution in [0.4, 0.5) is 0 Å². The molecule has 0 amide bonds. The number of rotatable bonds is 33. The van der Waals surface area contributed by atoms with Gasteiger partial charge in [0.15, 0.2) is 6.10 Å². The second-order valence-electron chi connectivity index (χ2n) is 14.5. The van der Waals surface area contributed by atoms with Crippen LogP contribution in [0.2, 0.25) is 0 Å². The Bertz CT molecular complexity index is 938. The van der Waals surface area contributed by atoms with Crippen LogP contribution in [-0.2, 0) is 32.7 Å². The Morgan fingerprint density at radius 3 is 1.27 bits per heavy atom. The first-order valence-corrected chi connectivity index (χ1v) is 21.8. The Hall–Kier alpha value is -1.15. The average Bonchev–Trinajstić information content (AvgIpc) is 3.12. The number of aliphatic hydroxyl groups excluding tert-OH is 5. The number of unbranched alkanes of at least 4 members (excludes halogenated alkanes) is 21. The standard InChI is InChI=1S/C38H73O13P/c1-3-5-7-9-11-12-13-14-15-16-17-18-19-21-23-25-27-32(40)50-30(28-48-31(39)26-24-22-20-10-8-6-4-2)29-49-52(46,47)51-38-36(44)34(42)33(41)35(43)37(38)45/h30,33-38,41-45H,3-29H2,1-2H3,(H,46,47). The van der Waals surface area contributed by atoms with Crippen molar-refractivity contribution in [1.29, 1.82) is 0 Å². The number of phosphoric acid groups is 1. The normalized spacial score (nSPS) is 23.6. The molecule has 6 N–H and O–H groups in total. The summed E-state index contributed by atoms with van der Waals surface area (Å²) in [6, 6.07) is 0. The molecule has 6 unspecified atom stereocenters. The number of carbonyl (C=O) groups excluding carboxylic acids is 2. The molecule has 308 valence electrons. The van der Waals surface area contributed by atoms with Crippen molar-refractivity contribution < 1.29 is 63.1 Å². The maximum absolute atomic E-state index is 12.7. The lowest BCUT2D eigenvalue weighted by atomic mass is 9.85. The monoisotopic (exact) mass is 768 g/mol. The van der Waals surface area contributed by atoms with E-state index in [0.717, 1.165) is 51.4 Å². The molecular formula is C38H73O13P. The van der Waals surface area contributed by atoms with Crippen molar-refractivity contribution in [2.75, 3.05) is 13.2 Å². The molecular weight excluding hydrogens is 695 g/mol. The molecule has 0 bridgehead atoms. The van der Waals surface area contributed by atoms with E-state index in [1.807, 2.05) is 0 Å². The lowest BCUT2D eigenvalue weighted by Gasteiger charge is -2.41. The molecule has 1 saturated carbocycles. The highest BCUT2D eigenvalue weighted by atomic mass is 31.2. The lowest BCUT2D eigenvalue weighted by Crippen LogP contribution is -2.64. The van der Waals surface area contributed by atoms with Crippen LogP contribution in [0.15, 0.2) is 0 Å². The zero-order valence-electron chi connectivity index (χ0n) is 32.1. The number of aliphatic hydroxyl groups is 5. The van der Waals surface area contributed by atoms with Crippen molar-refractivity contribution in [3.63, 3.8) is 0 Å². The molecule has 1 fully saturated rings. The average molecular weight is 769 g/mol. The molecule has 0 spiro atoms. The topological polar surface area (TPSA) is 210 Å². The molecule has 0 heterocycles. The molecule has 52 heavy (non-hydrogen) atoms. The summed E-state index contributed by atoms with van der Waals surface area (Å²) in [5.41, 5.74) is 0. The third kappa shape index (κ3) is 22.9. The van der Waals surface area contributed by atoms with Crippen molar-refractivity contribution in [2.24, 2.45) is 0 Å². The van der Waals surface area contributed by atoms with Gasteiger partial charge in [0, 0.05) is 12.8 Å². The van der Waals surface area contributed by atoms with Crippen molar-refractivity contribution in [3.05, 3.63) is 0 Å². The van der Waals surface area contributed by atoms with Crippen LogP contribution in [0.25, 0.3) is 0 Å². The smallest absolute Gasteiger partial charge is 0.462 e. The van der Waals surface area contributed by atoms with Crippen LogP contribution >= 0.6 is 7.82 Å². The number of hydrogen-bond acceptors (Lipinski definition) is 12. The maximum atomic E-state index is 12.7. The summed E-state index contributed by atoms with van der Waals surface area (Å²) < 4.78 is 33.3. The van der Waals surface area contributed by atoms with Crippen LogP contribution in [0.1, 0.15) is 174 Å². The van der Waals surface area contributed by atoms with Gasteiger partial charge in [0.2, 0.25) is 0 Å². The Morgan fingerprint density at radius 1 is 0.519 bits per heavy atom. The molecule has 0 aromatic rings. The van der Waals surface area contributed by atoms with Gasteiger partial charge in [-0.1, -0.05) is 149 Å². The second-order valence-corrected chi connectivity index (χ2v) is 15.9. The van der Waals surface area contributed by atoms with E-state index in [1.54, 1.807) is 0 Å². The van der Waals surface area contributed by atoms with Gasteiger partial charge in [0.25, 0.3) is 0 Å². The van der Waals surface area contributed by atoms with E-state index in [-0.39, 0.29) is 12.8 Å². The van der Waals surface area contributed by atoms with Crippen LogP contribution in [0.5, 0.6) is 0 Å². The third-order valence-corrected chi connectivity index (χ3v) is 10.7. The van der Waals surface area contributed by atoms with E-state index in [2.05, 4.69) is 13.8 Å². The van der Waals surface area contributed by atoms with Gasteiger partial charge in [-0.15, -0.1) is 0 Å². The second kappa shape index (κ2) is 30.1. The number of hydrogen-bond donors (Lipinski definition) is 6. The van der Waals surface area contributed by atoms with E-state index < -0.39 is 75.7 Å².